The molecule has 0 unspecified atom stereocenters. The molecule has 1 aromatic carbocycles. The molecule has 0 aliphatic rings. The van der Waals surface area contributed by atoms with E-state index < -0.39 is 0 Å². The Morgan fingerprint density at radius 2 is 2.36 bits per heavy atom. The summed E-state index contributed by atoms with van der Waals surface area (Å²) in [6.07, 6.45) is 1.02. The third-order valence-corrected chi connectivity index (χ3v) is 2.34. The van der Waals surface area contributed by atoms with Crippen molar-refractivity contribution in [1.82, 2.24) is 5.32 Å². The first-order valence-corrected chi connectivity index (χ1v) is 5.13. The fourth-order valence-electron chi connectivity index (χ4n) is 1.25. The maximum Gasteiger partial charge on any atom is 0.0449 e. The van der Waals surface area contributed by atoms with Gasteiger partial charge in [0.15, 0.2) is 0 Å². The van der Waals surface area contributed by atoms with Crippen LogP contribution in [0.15, 0.2) is 29.7 Å². The lowest BCUT2D eigenvalue weighted by molar-refractivity contribution is 0.791. The molecule has 0 atom stereocenters. The molecule has 1 rings (SSSR count). The fourth-order valence-corrected chi connectivity index (χ4v) is 1.40. The van der Waals surface area contributed by atoms with E-state index >= 15 is 0 Å². The number of thiol groups is 1. The first-order valence-electron chi connectivity index (χ1n) is 4.61. The summed E-state index contributed by atoms with van der Waals surface area (Å²) in [5, 5.41) is 4.74. The second kappa shape index (κ2) is 5.73. The van der Waals surface area contributed by atoms with Gasteiger partial charge in [0.2, 0.25) is 0 Å². The Kier molecular flexibility index (Phi) is 4.56. The maximum absolute atomic E-state index is 5.76. The lowest BCUT2D eigenvalue weighted by Crippen LogP contribution is -2.10. The molecule has 1 aromatic rings. The fraction of sp³-hybridized carbons (Fsp3) is 0.273. The van der Waals surface area contributed by atoms with Crippen LogP contribution in [0.25, 0.3) is 5.70 Å². The van der Waals surface area contributed by atoms with Crippen molar-refractivity contribution in [1.29, 1.82) is 0 Å². The van der Waals surface area contributed by atoms with Gasteiger partial charge < -0.3 is 11.1 Å². The van der Waals surface area contributed by atoms with Gasteiger partial charge in [0.1, 0.15) is 0 Å². The van der Waals surface area contributed by atoms with Gasteiger partial charge in [-0.3, -0.25) is 0 Å². The number of hydrogen-bond donors (Lipinski definition) is 3. The lowest BCUT2D eigenvalue weighted by atomic mass is 10.1. The van der Waals surface area contributed by atoms with Crippen molar-refractivity contribution in [2.45, 2.75) is 6.42 Å². The highest BCUT2D eigenvalue weighted by Crippen LogP contribution is 2.12. The van der Waals surface area contributed by atoms with Gasteiger partial charge in [0.05, 0.1) is 0 Å². The molecule has 2 nitrogen and oxygen atoms in total. The van der Waals surface area contributed by atoms with Crippen molar-refractivity contribution >= 4 is 18.3 Å². The molecule has 0 bridgehead atoms. The van der Waals surface area contributed by atoms with Crippen LogP contribution in [0.3, 0.4) is 0 Å². The molecule has 76 valence electrons. The number of nitrogens with two attached hydrogens (primary N) is 1. The predicted octanol–water partition coefficient (Wildman–Crippen LogP) is 1.64. The van der Waals surface area contributed by atoms with Gasteiger partial charge in [-0.15, -0.1) is 12.6 Å². The number of likely N-dealkylation sites (N-methyl/N-ethyl adjacent to an activating group) is 1. The maximum atomic E-state index is 5.76. The zero-order chi connectivity index (χ0) is 10.4. The van der Waals surface area contributed by atoms with E-state index in [2.05, 4.69) is 30.1 Å². The zero-order valence-electron chi connectivity index (χ0n) is 8.33. The molecule has 0 aromatic heterocycles. The molecule has 0 radical (unpaired) electrons. The largest absolute Gasteiger partial charge is 0.398 e. The summed E-state index contributed by atoms with van der Waals surface area (Å²) >= 11 is 4.03. The standard InChI is InChI=1S/C11H16N2S/c1-13-6-5-9-3-2-4-10(7-9)11(12)8-14/h2-4,7-8,13-14H,5-6,12H2,1H3/b11-8-. The van der Waals surface area contributed by atoms with E-state index in [9.17, 15) is 0 Å². The molecular formula is C11H16N2S. The molecule has 0 aliphatic heterocycles. The third kappa shape index (κ3) is 3.09. The Morgan fingerprint density at radius 1 is 1.57 bits per heavy atom. The van der Waals surface area contributed by atoms with Gasteiger partial charge in [-0.1, -0.05) is 18.2 Å². The molecule has 3 N–H and O–H groups in total. The monoisotopic (exact) mass is 208 g/mol. The summed E-state index contributed by atoms with van der Waals surface area (Å²) in [7, 11) is 1.95. The Bertz CT molecular complexity index is 321. The number of hydrogen-bond acceptors (Lipinski definition) is 3. The summed E-state index contributed by atoms with van der Waals surface area (Å²) in [4.78, 5) is 0. The Morgan fingerprint density at radius 3 is 3.00 bits per heavy atom. The van der Waals surface area contributed by atoms with Crippen LogP contribution in [0.2, 0.25) is 0 Å². The van der Waals surface area contributed by atoms with Gasteiger partial charge in [-0.25, -0.2) is 0 Å². The topological polar surface area (TPSA) is 38.0 Å². The van der Waals surface area contributed by atoms with E-state index in [1.807, 2.05) is 19.2 Å². The summed E-state index contributed by atoms with van der Waals surface area (Å²) in [6, 6.07) is 8.21. The Labute approximate surface area is 90.6 Å². The molecule has 3 heteroatoms. The van der Waals surface area contributed by atoms with E-state index in [1.165, 1.54) is 5.56 Å². The first-order chi connectivity index (χ1) is 6.77. The minimum atomic E-state index is 0.708. The molecule has 0 aliphatic carbocycles. The number of rotatable bonds is 4. The van der Waals surface area contributed by atoms with Crippen molar-refractivity contribution in [2.75, 3.05) is 13.6 Å². The van der Waals surface area contributed by atoms with Crippen LogP contribution < -0.4 is 11.1 Å². The van der Waals surface area contributed by atoms with Crippen LogP contribution in [0.5, 0.6) is 0 Å². The molecule has 0 heterocycles. The van der Waals surface area contributed by atoms with Crippen LogP contribution in [-0.4, -0.2) is 13.6 Å². The van der Waals surface area contributed by atoms with Gasteiger partial charge >= 0.3 is 0 Å². The zero-order valence-corrected chi connectivity index (χ0v) is 9.22. The summed E-state index contributed by atoms with van der Waals surface area (Å²) in [6.45, 7) is 0.980. The first kappa shape index (κ1) is 11.1. The second-order valence-electron chi connectivity index (χ2n) is 3.14. The van der Waals surface area contributed by atoms with Crippen LogP contribution in [0, 0.1) is 0 Å². The molecular weight excluding hydrogens is 192 g/mol. The molecule has 0 spiro atoms. The molecule has 14 heavy (non-hydrogen) atoms. The Hall–Kier alpha value is -0.930. The number of benzene rings is 1. The highest BCUT2D eigenvalue weighted by Gasteiger charge is 1.97. The SMILES string of the molecule is CNCCc1cccc(/C(N)=C/S)c1. The van der Waals surface area contributed by atoms with E-state index in [1.54, 1.807) is 5.41 Å². The summed E-state index contributed by atoms with van der Waals surface area (Å²) in [5.74, 6) is 0. The van der Waals surface area contributed by atoms with Gasteiger partial charge in [-0.2, -0.15) is 0 Å². The quantitative estimate of drug-likeness (QED) is 0.658. The smallest absolute Gasteiger partial charge is 0.0449 e. The van der Waals surface area contributed by atoms with Crippen molar-refractivity contribution < 1.29 is 0 Å². The normalized spacial score (nSPS) is 11.7. The lowest BCUT2D eigenvalue weighted by Gasteiger charge is -2.04. The Balaban J connectivity index is 2.79. The minimum Gasteiger partial charge on any atom is -0.398 e. The number of nitrogens with one attached hydrogen (secondary N) is 1. The average Bonchev–Trinajstić information content (AvgIpc) is 2.25. The predicted molar refractivity (Wildman–Crippen MR) is 65.2 cm³/mol. The third-order valence-electron chi connectivity index (χ3n) is 2.06. The molecule has 0 saturated heterocycles. The van der Waals surface area contributed by atoms with Crippen molar-refractivity contribution in [3.05, 3.63) is 40.8 Å². The highest BCUT2D eigenvalue weighted by molar-refractivity contribution is 7.83. The summed E-state index contributed by atoms with van der Waals surface area (Å²) < 4.78 is 0. The van der Waals surface area contributed by atoms with Crippen LogP contribution in [0.4, 0.5) is 0 Å². The van der Waals surface area contributed by atoms with Gasteiger partial charge in [0, 0.05) is 5.70 Å². The molecule has 0 saturated carbocycles. The van der Waals surface area contributed by atoms with Crippen LogP contribution in [-0.2, 0) is 6.42 Å². The van der Waals surface area contributed by atoms with E-state index in [-0.39, 0.29) is 0 Å². The van der Waals surface area contributed by atoms with E-state index in [4.69, 9.17) is 5.73 Å². The van der Waals surface area contributed by atoms with Gasteiger partial charge in [0.25, 0.3) is 0 Å². The highest BCUT2D eigenvalue weighted by atomic mass is 32.1. The summed E-state index contributed by atoms with van der Waals surface area (Å²) in [5.41, 5.74) is 8.79. The van der Waals surface area contributed by atoms with Crippen LogP contribution >= 0.6 is 12.6 Å². The van der Waals surface area contributed by atoms with Crippen molar-refractivity contribution in [3.8, 4) is 0 Å². The second-order valence-corrected chi connectivity index (χ2v) is 3.40. The van der Waals surface area contributed by atoms with E-state index in [0.29, 0.717) is 5.70 Å². The van der Waals surface area contributed by atoms with Crippen LogP contribution in [0.1, 0.15) is 11.1 Å². The van der Waals surface area contributed by atoms with Crippen molar-refractivity contribution in [2.24, 2.45) is 5.73 Å². The van der Waals surface area contributed by atoms with Crippen molar-refractivity contribution in [3.63, 3.8) is 0 Å². The van der Waals surface area contributed by atoms with E-state index in [0.717, 1.165) is 18.5 Å². The average molecular weight is 208 g/mol. The minimum absolute atomic E-state index is 0.708. The molecule has 0 fully saturated rings. The molecule has 0 amide bonds. The van der Waals surface area contributed by atoms with Gasteiger partial charge in [-0.05, 0) is 42.6 Å².